The Morgan fingerprint density at radius 2 is 1.80 bits per heavy atom. The molecule has 0 spiro atoms. The molecule has 30 heavy (non-hydrogen) atoms. The van der Waals surface area contributed by atoms with Crippen molar-refractivity contribution in [1.29, 1.82) is 5.41 Å². The maximum Gasteiger partial charge on any atom is 0.255 e. The predicted molar refractivity (Wildman–Crippen MR) is 122 cm³/mol. The summed E-state index contributed by atoms with van der Waals surface area (Å²) in [6, 6.07) is 22.5. The molecule has 0 unspecified atom stereocenters. The number of hydrogen-bond acceptors (Lipinski definition) is 4. The summed E-state index contributed by atoms with van der Waals surface area (Å²) >= 11 is 1.64. The first-order valence-corrected chi connectivity index (χ1v) is 10.4. The molecule has 0 fully saturated rings. The first-order valence-electron chi connectivity index (χ1n) is 9.40. The van der Waals surface area contributed by atoms with E-state index in [-0.39, 0.29) is 11.7 Å². The zero-order valence-electron chi connectivity index (χ0n) is 16.4. The Labute approximate surface area is 178 Å². The Morgan fingerprint density at radius 3 is 2.50 bits per heavy atom. The number of imidazole rings is 1. The minimum Gasteiger partial charge on any atom is -0.384 e. The van der Waals surface area contributed by atoms with Gasteiger partial charge < -0.3 is 15.6 Å². The second kappa shape index (κ2) is 8.42. The van der Waals surface area contributed by atoms with Crippen molar-refractivity contribution in [3.8, 4) is 0 Å². The Morgan fingerprint density at radius 1 is 1.07 bits per heavy atom. The molecule has 0 saturated carbocycles. The Kier molecular flexibility index (Phi) is 5.54. The van der Waals surface area contributed by atoms with Crippen molar-refractivity contribution in [3.63, 3.8) is 0 Å². The maximum absolute atomic E-state index is 12.4. The zero-order chi connectivity index (χ0) is 21.1. The average molecular weight is 416 g/mol. The average Bonchev–Trinajstić information content (AvgIpc) is 3.08. The number of nitrogens with two attached hydrogens (primary N) is 1. The molecule has 6 nitrogen and oxygen atoms in total. The van der Waals surface area contributed by atoms with Gasteiger partial charge in [-0.05, 0) is 35.9 Å². The van der Waals surface area contributed by atoms with E-state index in [1.54, 1.807) is 23.9 Å². The zero-order valence-corrected chi connectivity index (χ0v) is 17.2. The lowest BCUT2D eigenvalue weighted by Crippen LogP contribution is -2.11. The number of aryl methyl sites for hydroxylation is 1. The van der Waals surface area contributed by atoms with Gasteiger partial charge in [0.1, 0.15) is 5.84 Å². The van der Waals surface area contributed by atoms with Crippen LogP contribution in [-0.4, -0.2) is 21.3 Å². The smallest absolute Gasteiger partial charge is 0.255 e. The van der Waals surface area contributed by atoms with E-state index in [1.165, 1.54) is 0 Å². The second-order valence-corrected chi connectivity index (χ2v) is 7.82. The van der Waals surface area contributed by atoms with Gasteiger partial charge in [0.2, 0.25) is 0 Å². The largest absolute Gasteiger partial charge is 0.384 e. The molecule has 4 N–H and O–H groups in total. The van der Waals surface area contributed by atoms with Crippen LogP contribution >= 0.6 is 11.8 Å². The third-order valence-electron chi connectivity index (χ3n) is 4.77. The van der Waals surface area contributed by atoms with E-state index in [0.29, 0.717) is 11.3 Å². The highest BCUT2D eigenvalue weighted by atomic mass is 32.2. The van der Waals surface area contributed by atoms with Crippen molar-refractivity contribution in [1.82, 2.24) is 9.55 Å². The molecule has 0 saturated heterocycles. The second-order valence-electron chi connectivity index (χ2n) is 6.88. The maximum atomic E-state index is 12.4. The predicted octanol–water partition coefficient (Wildman–Crippen LogP) is 4.40. The van der Waals surface area contributed by atoms with E-state index in [2.05, 4.69) is 5.32 Å². The number of benzene rings is 3. The molecule has 4 rings (SSSR count). The van der Waals surface area contributed by atoms with E-state index in [0.717, 1.165) is 33.1 Å². The molecule has 0 radical (unpaired) electrons. The summed E-state index contributed by atoms with van der Waals surface area (Å²) in [5.74, 6) is 0.682. The van der Waals surface area contributed by atoms with Crippen LogP contribution in [0.15, 0.2) is 78.0 Å². The molecular formula is C23H21N5OS. The third-order valence-corrected chi connectivity index (χ3v) is 5.87. The van der Waals surface area contributed by atoms with Crippen LogP contribution in [0.25, 0.3) is 11.0 Å². The lowest BCUT2D eigenvalue weighted by Gasteiger charge is -2.05. The quantitative estimate of drug-likeness (QED) is 0.247. The molecule has 0 aliphatic carbocycles. The molecule has 1 aromatic heterocycles. The number of carbonyl (C=O) groups is 1. The number of carbonyl (C=O) groups excluding carboxylic acids is 1. The summed E-state index contributed by atoms with van der Waals surface area (Å²) in [5, 5.41) is 11.3. The fraction of sp³-hybridized carbons (Fsp3) is 0.0870. The first-order chi connectivity index (χ1) is 14.5. The van der Waals surface area contributed by atoms with Gasteiger partial charge in [-0.25, -0.2) is 4.98 Å². The summed E-state index contributed by atoms with van der Waals surface area (Å²) < 4.78 is 2.05. The van der Waals surface area contributed by atoms with Gasteiger partial charge in [-0.1, -0.05) is 54.2 Å². The number of nitrogens with zero attached hydrogens (tertiary/aromatic N) is 2. The van der Waals surface area contributed by atoms with E-state index >= 15 is 0 Å². The number of fused-ring (bicyclic) bond motifs is 1. The SMILES string of the molecule is Cn1c(SCc2ccc(C(=N)N)cc2)nc2cc(NC(=O)c3ccccc3)ccc21. The number of hydrogen-bond donors (Lipinski definition) is 3. The normalized spacial score (nSPS) is 10.8. The summed E-state index contributed by atoms with van der Waals surface area (Å²) in [5.41, 5.74) is 10.5. The molecule has 7 heteroatoms. The van der Waals surface area contributed by atoms with Gasteiger partial charge in [0, 0.05) is 29.6 Å². The Hall–Kier alpha value is -3.58. The van der Waals surface area contributed by atoms with Gasteiger partial charge in [0.25, 0.3) is 5.91 Å². The topological polar surface area (TPSA) is 96.8 Å². The van der Waals surface area contributed by atoms with E-state index in [1.807, 2.05) is 72.3 Å². The van der Waals surface area contributed by atoms with Gasteiger partial charge >= 0.3 is 0 Å². The molecule has 1 amide bonds. The van der Waals surface area contributed by atoms with Crippen LogP contribution in [0.2, 0.25) is 0 Å². The monoisotopic (exact) mass is 415 g/mol. The molecule has 0 atom stereocenters. The molecule has 0 aliphatic heterocycles. The van der Waals surface area contributed by atoms with Crippen LogP contribution in [0, 0.1) is 5.41 Å². The van der Waals surface area contributed by atoms with Gasteiger partial charge in [0.05, 0.1) is 11.0 Å². The number of thioether (sulfide) groups is 1. The summed E-state index contributed by atoms with van der Waals surface area (Å²) in [4.78, 5) is 17.1. The standard InChI is InChI=1S/C23H21N5OS/c1-28-20-12-11-18(26-22(29)17-5-3-2-4-6-17)13-19(20)27-23(28)30-14-15-7-9-16(10-8-15)21(24)25/h2-13H,14H2,1H3,(H3,24,25)(H,26,29). The van der Waals surface area contributed by atoms with Gasteiger partial charge in [-0.2, -0.15) is 0 Å². The number of nitrogen functional groups attached to an aromatic ring is 1. The Bertz CT molecular complexity index is 1220. The number of anilines is 1. The number of aromatic nitrogens is 2. The molecule has 1 heterocycles. The molecule has 0 bridgehead atoms. The number of amides is 1. The van der Waals surface area contributed by atoms with Crippen LogP contribution in [0.3, 0.4) is 0 Å². The minimum atomic E-state index is -0.144. The third kappa shape index (κ3) is 4.21. The lowest BCUT2D eigenvalue weighted by atomic mass is 10.1. The fourth-order valence-electron chi connectivity index (χ4n) is 3.11. The van der Waals surface area contributed by atoms with E-state index < -0.39 is 0 Å². The minimum absolute atomic E-state index is 0.0692. The number of rotatable bonds is 6. The van der Waals surface area contributed by atoms with Crippen LogP contribution < -0.4 is 11.1 Å². The highest BCUT2D eigenvalue weighted by Gasteiger charge is 2.11. The van der Waals surface area contributed by atoms with Crippen LogP contribution in [0.5, 0.6) is 0 Å². The summed E-state index contributed by atoms with van der Waals surface area (Å²) in [6.45, 7) is 0. The van der Waals surface area contributed by atoms with Crippen molar-refractivity contribution in [3.05, 3.63) is 89.5 Å². The Balaban J connectivity index is 1.49. The number of nitrogens with one attached hydrogen (secondary N) is 2. The first kappa shape index (κ1) is 19.7. The molecular weight excluding hydrogens is 394 g/mol. The van der Waals surface area contributed by atoms with Crippen molar-refractivity contribution in [2.75, 3.05) is 5.32 Å². The van der Waals surface area contributed by atoms with Crippen LogP contribution in [0.1, 0.15) is 21.5 Å². The highest BCUT2D eigenvalue weighted by molar-refractivity contribution is 7.98. The van der Waals surface area contributed by atoms with Crippen molar-refractivity contribution in [2.24, 2.45) is 12.8 Å². The molecule has 3 aromatic carbocycles. The van der Waals surface area contributed by atoms with Crippen LogP contribution in [-0.2, 0) is 12.8 Å². The van der Waals surface area contributed by atoms with Crippen molar-refractivity contribution < 1.29 is 4.79 Å². The van der Waals surface area contributed by atoms with Gasteiger partial charge in [0.15, 0.2) is 5.16 Å². The lowest BCUT2D eigenvalue weighted by molar-refractivity contribution is 0.102. The van der Waals surface area contributed by atoms with Gasteiger partial charge in [-0.15, -0.1) is 0 Å². The highest BCUT2D eigenvalue weighted by Crippen LogP contribution is 2.27. The molecule has 4 aromatic rings. The molecule has 150 valence electrons. The van der Waals surface area contributed by atoms with Crippen LogP contribution in [0.4, 0.5) is 5.69 Å². The summed E-state index contributed by atoms with van der Waals surface area (Å²) in [6.07, 6.45) is 0. The van der Waals surface area contributed by atoms with E-state index in [4.69, 9.17) is 16.1 Å². The van der Waals surface area contributed by atoms with Gasteiger partial charge in [-0.3, -0.25) is 10.2 Å². The number of amidine groups is 1. The van der Waals surface area contributed by atoms with E-state index in [9.17, 15) is 4.79 Å². The fourth-order valence-corrected chi connectivity index (χ4v) is 4.05. The van der Waals surface area contributed by atoms with Crippen molar-refractivity contribution >= 4 is 40.2 Å². The summed E-state index contributed by atoms with van der Waals surface area (Å²) in [7, 11) is 1.98. The molecule has 0 aliphatic rings. The van der Waals surface area contributed by atoms with Crippen molar-refractivity contribution in [2.45, 2.75) is 10.9 Å².